The summed E-state index contributed by atoms with van der Waals surface area (Å²) in [5.41, 5.74) is 0.275. The monoisotopic (exact) mass is 289 g/mol. The van der Waals surface area contributed by atoms with Crippen LogP contribution in [0, 0.1) is 11.8 Å². The SMILES string of the molecule is CCC(CC)[C@H]1C(=O)N(Cc2ccccc2)CC[C@@]1(C)O. The molecule has 1 aromatic carbocycles. The topological polar surface area (TPSA) is 40.5 Å². The van der Waals surface area contributed by atoms with Crippen LogP contribution in [0.2, 0.25) is 0 Å². The van der Waals surface area contributed by atoms with Crippen LogP contribution in [0.4, 0.5) is 0 Å². The Morgan fingerprint density at radius 2 is 1.90 bits per heavy atom. The molecule has 1 heterocycles. The highest BCUT2D eigenvalue weighted by molar-refractivity contribution is 5.81. The van der Waals surface area contributed by atoms with Gasteiger partial charge >= 0.3 is 0 Å². The number of hydrogen-bond acceptors (Lipinski definition) is 2. The lowest BCUT2D eigenvalue weighted by molar-refractivity contribution is -0.159. The molecule has 2 rings (SSSR count). The summed E-state index contributed by atoms with van der Waals surface area (Å²) in [6.45, 7) is 7.32. The van der Waals surface area contributed by atoms with Gasteiger partial charge in [-0.1, -0.05) is 57.0 Å². The average Bonchev–Trinajstić information content (AvgIpc) is 2.47. The van der Waals surface area contributed by atoms with Crippen LogP contribution >= 0.6 is 0 Å². The van der Waals surface area contributed by atoms with E-state index in [-0.39, 0.29) is 17.7 Å². The van der Waals surface area contributed by atoms with Crippen LogP contribution in [0.1, 0.15) is 45.6 Å². The van der Waals surface area contributed by atoms with Crippen molar-refractivity contribution in [1.29, 1.82) is 0 Å². The summed E-state index contributed by atoms with van der Waals surface area (Å²) in [6.07, 6.45) is 2.53. The molecule has 0 unspecified atom stereocenters. The molecule has 1 fully saturated rings. The molecule has 1 N–H and O–H groups in total. The molecule has 1 aliphatic heterocycles. The standard InChI is InChI=1S/C18H27NO2/c1-4-15(5-2)16-17(20)19(12-11-18(16,3)21)13-14-9-7-6-8-10-14/h6-10,15-16,21H,4-5,11-13H2,1-3H3/t16-,18+/m0/s1. The number of hydrogen-bond donors (Lipinski definition) is 1. The Hall–Kier alpha value is -1.35. The third kappa shape index (κ3) is 3.46. The highest BCUT2D eigenvalue weighted by Crippen LogP contribution is 2.37. The third-order valence-corrected chi connectivity index (χ3v) is 4.87. The summed E-state index contributed by atoms with van der Waals surface area (Å²) in [5, 5.41) is 10.7. The smallest absolute Gasteiger partial charge is 0.229 e. The lowest BCUT2D eigenvalue weighted by Crippen LogP contribution is -2.56. The summed E-state index contributed by atoms with van der Waals surface area (Å²) in [5.74, 6) is 0.0971. The van der Waals surface area contributed by atoms with Gasteiger partial charge in [-0.05, 0) is 24.8 Å². The number of amides is 1. The van der Waals surface area contributed by atoms with Crippen molar-refractivity contribution in [2.75, 3.05) is 6.54 Å². The van der Waals surface area contributed by atoms with E-state index >= 15 is 0 Å². The van der Waals surface area contributed by atoms with E-state index in [0.29, 0.717) is 19.5 Å². The van der Waals surface area contributed by atoms with E-state index in [1.54, 1.807) is 0 Å². The summed E-state index contributed by atoms with van der Waals surface area (Å²) in [6, 6.07) is 10.1. The lowest BCUT2D eigenvalue weighted by Gasteiger charge is -2.45. The fourth-order valence-corrected chi connectivity index (χ4v) is 3.52. The average molecular weight is 289 g/mol. The van der Waals surface area contributed by atoms with Crippen LogP contribution in [0.25, 0.3) is 0 Å². The van der Waals surface area contributed by atoms with E-state index in [0.717, 1.165) is 18.4 Å². The lowest BCUT2D eigenvalue weighted by atomic mass is 9.72. The number of rotatable bonds is 5. The van der Waals surface area contributed by atoms with Crippen molar-refractivity contribution >= 4 is 5.91 Å². The van der Waals surface area contributed by atoms with Crippen LogP contribution in [-0.4, -0.2) is 28.1 Å². The second kappa shape index (κ2) is 6.61. The number of likely N-dealkylation sites (tertiary alicyclic amines) is 1. The molecule has 21 heavy (non-hydrogen) atoms. The summed E-state index contributed by atoms with van der Waals surface area (Å²) < 4.78 is 0. The number of nitrogens with zero attached hydrogens (tertiary/aromatic N) is 1. The minimum atomic E-state index is -0.874. The molecule has 0 radical (unpaired) electrons. The molecule has 2 atom stereocenters. The zero-order valence-corrected chi connectivity index (χ0v) is 13.4. The molecule has 0 bridgehead atoms. The number of piperidine rings is 1. The summed E-state index contributed by atoms with van der Waals surface area (Å²) in [7, 11) is 0. The van der Waals surface area contributed by atoms with Crippen molar-refractivity contribution in [2.45, 2.75) is 52.2 Å². The predicted molar refractivity (Wildman–Crippen MR) is 84.7 cm³/mol. The molecule has 3 heteroatoms. The van der Waals surface area contributed by atoms with Gasteiger partial charge in [-0.25, -0.2) is 0 Å². The quantitative estimate of drug-likeness (QED) is 0.904. The maximum atomic E-state index is 12.9. The molecular weight excluding hydrogens is 262 g/mol. The molecular formula is C18H27NO2. The van der Waals surface area contributed by atoms with Crippen LogP contribution in [0.15, 0.2) is 30.3 Å². The molecule has 0 spiro atoms. The molecule has 3 nitrogen and oxygen atoms in total. The zero-order chi connectivity index (χ0) is 15.5. The van der Waals surface area contributed by atoms with Gasteiger partial charge in [0.05, 0.1) is 11.5 Å². The normalized spacial score (nSPS) is 26.4. The minimum absolute atomic E-state index is 0.115. The molecule has 1 aromatic rings. The van der Waals surface area contributed by atoms with E-state index in [2.05, 4.69) is 13.8 Å². The van der Waals surface area contributed by atoms with E-state index in [1.807, 2.05) is 42.2 Å². The maximum absolute atomic E-state index is 12.9. The summed E-state index contributed by atoms with van der Waals surface area (Å²) >= 11 is 0. The Balaban J connectivity index is 2.18. The molecule has 116 valence electrons. The van der Waals surface area contributed by atoms with Gasteiger partial charge in [-0.15, -0.1) is 0 Å². The number of benzene rings is 1. The van der Waals surface area contributed by atoms with Gasteiger partial charge < -0.3 is 10.0 Å². The number of carbonyl (C=O) groups is 1. The minimum Gasteiger partial charge on any atom is -0.389 e. The van der Waals surface area contributed by atoms with Gasteiger partial charge in [0.1, 0.15) is 0 Å². The molecule has 0 saturated carbocycles. The second-order valence-electron chi connectivity index (χ2n) is 6.41. The van der Waals surface area contributed by atoms with Crippen molar-refractivity contribution in [3.63, 3.8) is 0 Å². The van der Waals surface area contributed by atoms with Crippen molar-refractivity contribution in [3.8, 4) is 0 Å². The van der Waals surface area contributed by atoms with E-state index in [9.17, 15) is 9.90 Å². The Morgan fingerprint density at radius 3 is 2.48 bits per heavy atom. The van der Waals surface area contributed by atoms with Crippen molar-refractivity contribution in [3.05, 3.63) is 35.9 Å². The summed E-state index contributed by atoms with van der Waals surface area (Å²) in [4.78, 5) is 14.8. The van der Waals surface area contributed by atoms with Gasteiger partial charge in [-0.2, -0.15) is 0 Å². The Kier molecular flexibility index (Phi) is 5.04. The largest absolute Gasteiger partial charge is 0.389 e. The van der Waals surface area contributed by atoms with Crippen LogP contribution in [0.5, 0.6) is 0 Å². The maximum Gasteiger partial charge on any atom is 0.229 e. The first kappa shape index (κ1) is 16.0. The molecule has 1 saturated heterocycles. The van der Waals surface area contributed by atoms with E-state index in [1.165, 1.54) is 0 Å². The Bertz CT molecular complexity index is 465. The van der Waals surface area contributed by atoms with Crippen LogP contribution in [0.3, 0.4) is 0 Å². The number of aliphatic hydroxyl groups is 1. The van der Waals surface area contributed by atoms with Crippen LogP contribution < -0.4 is 0 Å². The van der Waals surface area contributed by atoms with Crippen molar-refractivity contribution in [1.82, 2.24) is 4.90 Å². The first-order valence-corrected chi connectivity index (χ1v) is 8.04. The van der Waals surface area contributed by atoms with Crippen molar-refractivity contribution in [2.24, 2.45) is 11.8 Å². The third-order valence-electron chi connectivity index (χ3n) is 4.87. The van der Waals surface area contributed by atoms with E-state index < -0.39 is 5.60 Å². The molecule has 1 aliphatic rings. The molecule has 1 amide bonds. The first-order valence-electron chi connectivity index (χ1n) is 8.04. The Labute approximate surface area is 128 Å². The first-order chi connectivity index (χ1) is 9.99. The molecule has 0 aromatic heterocycles. The fraction of sp³-hybridized carbons (Fsp3) is 0.611. The Morgan fingerprint density at radius 1 is 1.29 bits per heavy atom. The highest BCUT2D eigenvalue weighted by Gasteiger charge is 2.46. The van der Waals surface area contributed by atoms with Crippen LogP contribution in [-0.2, 0) is 11.3 Å². The zero-order valence-electron chi connectivity index (χ0n) is 13.4. The van der Waals surface area contributed by atoms with Gasteiger partial charge in [0.25, 0.3) is 0 Å². The van der Waals surface area contributed by atoms with Gasteiger partial charge in [-0.3, -0.25) is 4.79 Å². The second-order valence-corrected chi connectivity index (χ2v) is 6.41. The van der Waals surface area contributed by atoms with E-state index in [4.69, 9.17) is 0 Å². The number of carbonyl (C=O) groups excluding carboxylic acids is 1. The molecule has 0 aliphatic carbocycles. The van der Waals surface area contributed by atoms with Gasteiger partial charge in [0.15, 0.2) is 0 Å². The highest BCUT2D eigenvalue weighted by atomic mass is 16.3. The predicted octanol–water partition coefficient (Wildman–Crippen LogP) is 3.22. The van der Waals surface area contributed by atoms with Gasteiger partial charge in [0.2, 0.25) is 5.91 Å². The van der Waals surface area contributed by atoms with Crippen molar-refractivity contribution < 1.29 is 9.90 Å². The van der Waals surface area contributed by atoms with Gasteiger partial charge in [0, 0.05) is 13.1 Å². The fourth-order valence-electron chi connectivity index (χ4n) is 3.52.